The van der Waals surface area contributed by atoms with Gasteiger partial charge in [0.05, 0.1) is 13.2 Å². The molecule has 0 aromatic carbocycles. The molecule has 0 radical (unpaired) electrons. The summed E-state index contributed by atoms with van der Waals surface area (Å²) in [6.45, 7) is 14.6. The number of amides is 1. The largest absolute Gasteiger partial charge is 0.444 e. The molecule has 8 nitrogen and oxygen atoms in total. The molecule has 1 rings (SSSR count). The molecule has 0 bridgehead atoms. The topological polar surface area (TPSA) is 87.2 Å². The number of morpholine rings is 1. The Labute approximate surface area is 181 Å². The highest BCUT2D eigenvalue weighted by atomic mass is 127. The Bertz CT molecular complexity index is 457. The fourth-order valence-electron chi connectivity index (χ4n) is 2.78. The lowest BCUT2D eigenvalue weighted by atomic mass is 10.2. The van der Waals surface area contributed by atoms with Crippen molar-refractivity contribution in [1.29, 1.82) is 0 Å². The molecule has 1 amide bonds. The zero-order chi connectivity index (χ0) is 19.6. The van der Waals surface area contributed by atoms with Crippen molar-refractivity contribution in [2.75, 3.05) is 46.4 Å². The third kappa shape index (κ3) is 11.6. The van der Waals surface area contributed by atoms with Crippen molar-refractivity contribution in [2.24, 2.45) is 4.99 Å². The van der Waals surface area contributed by atoms with Crippen LogP contribution in [0.4, 0.5) is 4.79 Å². The van der Waals surface area contributed by atoms with Gasteiger partial charge in [0.1, 0.15) is 5.60 Å². The van der Waals surface area contributed by atoms with E-state index in [0.717, 1.165) is 45.2 Å². The van der Waals surface area contributed by atoms with Crippen molar-refractivity contribution < 1.29 is 14.3 Å². The number of guanidine groups is 1. The van der Waals surface area contributed by atoms with Gasteiger partial charge in [0, 0.05) is 45.3 Å². The molecular weight excluding hydrogens is 461 g/mol. The SMILES string of the molecule is CN=C(NCCCNC(=O)OC(C)(C)C)NCC(C)N1CCOCC1C.I. The Morgan fingerprint density at radius 1 is 1.30 bits per heavy atom. The predicted molar refractivity (Wildman–Crippen MR) is 120 cm³/mol. The summed E-state index contributed by atoms with van der Waals surface area (Å²) in [4.78, 5) is 18.3. The second-order valence-corrected chi connectivity index (χ2v) is 7.67. The quantitative estimate of drug-likeness (QED) is 0.214. The maximum atomic E-state index is 11.6. The number of nitrogens with one attached hydrogen (secondary N) is 3. The normalized spacial score (nSPS) is 19.6. The predicted octanol–water partition coefficient (Wildman–Crippen LogP) is 1.79. The van der Waals surface area contributed by atoms with Crippen LogP contribution >= 0.6 is 24.0 Å². The number of aliphatic imine (C=N–C) groups is 1. The number of carbonyl (C=O) groups excluding carboxylic acids is 1. The van der Waals surface area contributed by atoms with E-state index in [-0.39, 0.29) is 30.1 Å². The van der Waals surface area contributed by atoms with Crippen LogP contribution in [0.5, 0.6) is 0 Å². The maximum absolute atomic E-state index is 11.6. The molecule has 0 saturated carbocycles. The van der Waals surface area contributed by atoms with Gasteiger partial charge in [-0.15, -0.1) is 24.0 Å². The van der Waals surface area contributed by atoms with E-state index >= 15 is 0 Å². The minimum atomic E-state index is -0.469. The lowest BCUT2D eigenvalue weighted by Gasteiger charge is -2.38. The van der Waals surface area contributed by atoms with E-state index in [1.54, 1.807) is 7.05 Å². The molecule has 2 atom stereocenters. The summed E-state index contributed by atoms with van der Waals surface area (Å²) in [5.74, 6) is 0.773. The molecule has 1 fully saturated rings. The van der Waals surface area contributed by atoms with Gasteiger partial charge in [-0.3, -0.25) is 9.89 Å². The minimum absolute atomic E-state index is 0. The molecule has 0 spiro atoms. The number of hydrogen-bond donors (Lipinski definition) is 3. The second-order valence-electron chi connectivity index (χ2n) is 7.67. The molecular formula is C18H38IN5O3. The number of nitrogens with zero attached hydrogens (tertiary/aromatic N) is 2. The summed E-state index contributed by atoms with van der Waals surface area (Å²) in [6, 6.07) is 0.843. The van der Waals surface area contributed by atoms with E-state index in [2.05, 4.69) is 39.7 Å². The number of ether oxygens (including phenoxy) is 2. The van der Waals surface area contributed by atoms with Crippen molar-refractivity contribution in [3.8, 4) is 0 Å². The van der Waals surface area contributed by atoms with Gasteiger partial charge in [-0.2, -0.15) is 0 Å². The fourth-order valence-corrected chi connectivity index (χ4v) is 2.78. The standard InChI is InChI=1S/C18H37N5O3.HI/c1-14(23-10-11-25-13-15(23)2)12-22-16(19-6)20-8-7-9-21-17(24)26-18(3,4)5;/h14-15H,7-13H2,1-6H3,(H,21,24)(H2,19,20,22);1H. The Hall–Kier alpha value is -0.810. The van der Waals surface area contributed by atoms with Crippen molar-refractivity contribution >= 4 is 36.0 Å². The van der Waals surface area contributed by atoms with E-state index in [1.807, 2.05) is 20.8 Å². The highest BCUT2D eigenvalue weighted by Crippen LogP contribution is 2.10. The van der Waals surface area contributed by atoms with E-state index in [0.29, 0.717) is 18.6 Å². The molecule has 1 aliphatic rings. The summed E-state index contributed by atoms with van der Waals surface area (Å²) in [5, 5.41) is 9.38. The van der Waals surface area contributed by atoms with Crippen molar-refractivity contribution in [1.82, 2.24) is 20.9 Å². The van der Waals surface area contributed by atoms with Crippen LogP contribution in [0.3, 0.4) is 0 Å². The Kier molecular flexibility index (Phi) is 13.0. The van der Waals surface area contributed by atoms with Gasteiger partial charge in [-0.05, 0) is 41.0 Å². The Balaban J connectivity index is 0.00000676. The lowest BCUT2D eigenvalue weighted by Crippen LogP contribution is -2.53. The Morgan fingerprint density at radius 2 is 1.96 bits per heavy atom. The zero-order valence-corrected chi connectivity index (χ0v) is 20.0. The highest BCUT2D eigenvalue weighted by Gasteiger charge is 2.23. The van der Waals surface area contributed by atoms with E-state index < -0.39 is 5.60 Å². The number of alkyl carbamates (subject to hydrolysis) is 1. The molecule has 27 heavy (non-hydrogen) atoms. The first-order valence-corrected chi connectivity index (χ1v) is 9.48. The van der Waals surface area contributed by atoms with Gasteiger partial charge in [0.2, 0.25) is 0 Å². The molecule has 0 aromatic heterocycles. The monoisotopic (exact) mass is 499 g/mol. The van der Waals surface area contributed by atoms with Crippen LogP contribution in [-0.2, 0) is 9.47 Å². The molecule has 1 aliphatic heterocycles. The number of hydrogen-bond acceptors (Lipinski definition) is 5. The van der Waals surface area contributed by atoms with Crippen LogP contribution in [0.1, 0.15) is 41.0 Å². The van der Waals surface area contributed by atoms with E-state index in [1.165, 1.54) is 0 Å². The summed E-state index contributed by atoms with van der Waals surface area (Å²) in [7, 11) is 1.76. The van der Waals surface area contributed by atoms with Crippen LogP contribution in [0.15, 0.2) is 4.99 Å². The van der Waals surface area contributed by atoms with Crippen LogP contribution in [0.25, 0.3) is 0 Å². The first kappa shape index (κ1) is 26.2. The minimum Gasteiger partial charge on any atom is -0.444 e. The van der Waals surface area contributed by atoms with Crippen LogP contribution < -0.4 is 16.0 Å². The smallest absolute Gasteiger partial charge is 0.407 e. The summed E-state index contributed by atoms with van der Waals surface area (Å²) in [6.07, 6.45) is 0.407. The van der Waals surface area contributed by atoms with Crippen molar-refractivity contribution in [3.63, 3.8) is 0 Å². The van der Waals surface area contributed by atoms with E-state index in [4.69, 9.17) is 9.47 Å². The second kappa shape index (κ2) is 13.4. The number of halogens is 1. The molecule has 0 aromatic rings. The fraction of sp³-hybridized carbons (Fsp3) is 0.889. The van der Waals surface area contributed by atoms with Gasteiger partial charge in [0.25, 0.3) is 0 Å². The lowest BCUT2D eigenvalue weighted by molar-refractivity contribution is -0.0174. The van der Waals surface area contributed by atoms with Gasteiger partial charge < -0.3 is 25.4 Å². The maximum Gasteiger partial charge on any atom is 0.407 e. The first-order valence-electron chi connectivity index (χ1n) is 9.48. The van der Waals surface area contributed by atoms with Crippen LogP contribution in [0, 0.1) is 0 Å². The van der Waals surface area contributed by atoms with Crippen molar-refractivity contribution in [2.45, 2.75) is 58.7 Å². The average molecular weight is 499 g/mol. The van der Waals surface area contributed by atoms with E-state index in [9.17, 15) is 4.79 Å². The van der Waals surface area contributed by atoms with Gasteiger partial charge in [-0.1, -0.05) is 0 Å². The van der Waals surface area contributed by atoms with Crippen molar-refractivity contribution in [3.05, 3.63) is 0 Å². The third-order valence-electron chi connectivity index (χ3n) is 4.09. The third-order valence-corrected chi connectivity index (χ3v) is 4.09. The van der Waals surface area contributed by atoms with Crippen LogP contribution in [0.2, 0.25) is 0 Å². The number of carbonyl (C=O) groups is 1. The summed E-state index contributed by atoms with van der Waals surface area (Å²) >= 11 is 0. The highest BCUT2D eigenvalue weighted by molar-refractivity contribution is 14.0. The van der Waals surface area contributed by atoms with Gasteiger partial charge >= 0.3 is 6.09 Å². The number of rotatable bonds is 7. The van der Waals surface area contributed by atoms with Crippen LogP contribution in [-0.4, -0.2) is 81.1 Å². The molecule has 1 saturated heterocycles. The summed E-state index contributed by atoms with van der Waals surface area (Å²) in [5.41, 5.74) is -0.469. The van der Waals surface area contributed by atoms with Gasteiger partial charge in [-0.25, -0.2) is 4.79 Å². The Morgan fingerprint density at radius 3 is 2.56 bits per heavy atom. The molecule has 1 heterocycles. The molecule has 2 unspecified atom stereocenters. The molecule has 0 aliphatic carbocycles. The molecule has 3 N–H and O–H groups in total. The summed E-state index contributed by atoms with van der Waals surface area (Å²) < 4.78 is 10.7. The zero-order valence-electron chi connectivity index (χ0n) is 17.6. The average Bonchev–Trinajstić information content (AvgIpc) is 2.55. The van der Waals surface area contributed by atoms with Gasteiger partial charge in [0.15, 0.2) is 5.96 Å². The molecule has 9 heteroatoms. The first-order chi connectivity index (χ1) is 12.2. The molecule has 160 valence electrons.